The van der Waals surface area contributed by atoms with Gasteiger partial charge in [0.1, 0.15) is 0 Å². The number of nitrogens with zero attached hydrogens (tertiary/aromatic N) is 3. The van der Waals surface area contributed by atoms with Crippen LogP contribution in [0.15, 0.2) is 6.20 Å². The fourth-order valence-electron chi connectivity index (χ4n) is 1.15. The molecule has 0 bridgehead atoms. The number of hydrogen-bond donors (Lipinski definition) is 1. The van der Waals surface area contributed by atoms with Crippen molar-refractivity contribution in [2.45, 2.75) is 13.8 Å². The van der Waals surface area contributed by atoms with Crippen LogP contribution in [0.1, 0.15) is 11.4 Å². The minimum atomic E-state index is 0. The predicted molar refractivity (Wildman–Crippen MR) is 43.0 cm³/mol. The van der Waals surface area contributed by atoms with Crippen LogP contribution in [0.4, 0.5) is 0 Å². The van der Waals surface area contributed by atoms with Crippen molar-refractivity contribution >= 4 is 5.65 Å². The van der Waals surface area contributed by atoms with Gasteiger partial charge < -0.3 is 14.5 Å². The van der Waals surface area contributed by atoms with Crippen molar-refractivity contribution in [3.63, 3.8) is 0 Å². The van der Waals surface area contributed by atoms with E-state index in [0.717, 1.165) is 5.69 Å². The van der Waals surface area contributed by atoms with Crippen LogP contribution in [-0.2, 0) is 32.7 Å². The third-order valence-corrected chi connectivity index (χ3v) is 1.80. The molecular formula is C8H8N3OY-. The zero-order valence-electron chi connectivity index (χ0n) is 7.44. The zero-order valence-corrected chi connectivity index (χ0v) is 10.3. The smallest absolute Gasteiger partial charge is 0.216 e. The van der Waals surface area contributed by atoms with Crippen LogP contribution in [-0.4, -0.2) is 19.5 Å². The van der Waals surface area contributed by atoms with E-state index in [2.05, 4.69) is 16.2 Å². The fraction of sp³-hybridized carbons (Fsp3) is 0.250. The number of aryl methyl sites for hydroxylation is 2. The molecule has 1 radical (unpaired) electrons. The summed E-state index contributed by atoms with van der Waals surface area (Å²) < 4.78 is 1.57. The Morgan fingerprint density at radius 1 is 1.38 bits per heavy atom. The van der Waals surface area contributed by atoms with Crippen LogP contribution < -0.4 is 0 Å². The van der Waals surface area contributed by atoms with Gasteiger partial charge in [-0.05, 0) is 6.92 Å². The number of rotatable bonds is 0. The molecule has 0 atom stereocenters. The van der Waals surface area contributed by atoms with Crippen molar-refractivity contribution in [1.82, 2.24) is 14.4 Å². The van der Waals surface area contributed by atoms with E-state index >= 15 is 0 Å². The summed E-state index contributed by atoms with van der Waals surface area (Å²) >= 11 is 0. The Morgan fingerprint density at radius 3 is 2.69 bits per heavy atom. The first-order valence-corrected chi connectivity index (χ1v) is 3.61. The number of aromatic nitrogens is 3. The average molecular weight is 251 g/mol. The van der Waals surface area contributed by atoms with E-state index in [4.69, 9.17) is 0 Å². The van der Waals surface area contributed by atoms with E-state index in [0.29, 0.717) is 11.3 Å². The monoisotopic (exact) mass is 251 g/mol. The predicted octanol–water partition coefficient (Wildman–Crippen LogP) is 0.849. The Bertz CT molecular complexity index is 438. The molecule has 2 aromatic rings. The van der Waals surface area contributed by atoms with Crippen LogP contribution in [0, 0.1) is 20.0 Å². The van der Waals surface area contributed by atoms with Gasteiger partial charge in [0.15, 0.2) is 0 Å². The third kappa shape index (κ3) is 1.60. The van der Waals surface area contributed by atoms with Crippen molar-refractivity contribution in [3.8, 4) is 5.88 Å². The van der Waals surface area contributed by atoms with Crippen LogP contribution >= 0.6 is 0 Å². The molecule has 0 saturated heterocycles. The van der Waals surface area contributed by atoms with E-state index in [1.807, 2.05) is 6.92 Å². The molecular weight excluding hydrogens is 243 g/mol. The largest absolute Gasteiger partial charge is 0.493 e. The molecule has 0 aliphatic carbocycles. The molecule has 2 heterocycles. The van der Waals surface area contributed by atoms with Gasteiger partial charge in [-0.3, -0.25) is 0 Å². The summed E-state index contributed by atoms with van der Waals surface area (Å²) in [4.78, 5) is 8.08. The van der Waals surface area contributed by atoms with Gasteiger partial charge in [-0.2, -0.15) is 0 Å². The molecule has 0 saturated carbocycles. The molecule has 0 aliphatic heterocycles. The van der Waals surface area contributed by atoms with E-state index in [1.54, 1.807) is 17.5 Å². The van der Waals surface area contributed by atoms with Crippen LogP contribution in [0.25, 0.3) is 5.65 Å². The second-order valence-electron chi connectivity index (χ2n) is 2.67. The Morgan fingerprint density at radius 2 is 2.08 bits per heavy atom. The summed E-state index contributed by atoms with van der Waals surface area (Å²) in [5.74, 6) is 0.159. The molecule has 0 fully saturated rings. The standard InChI is InChI=1S/C8H8N3O.Y/c1-5-7-10-6(2)8(12)11(7)4-3-9-5;/h4,12H,1-2H3;/q-1;. The molecule has 2 aromatic heterocycles. The minimum Gasteiger partial charge on any atom is -0.493 e. The second kappa shape index (κ2) is 3.72. The quantitative estimate of drug-likeness (QED) is 0.706. The van der Waals surface area contributed by atoms with Gasteiger partial charge in [0.2, 0.25) is 5.88 Å². The molecule has 1 N–H and O–H groups in total. The average Bonchev–Trinajstić information content (AvgIpc) is 2.32. The summed E-state index contributed by atoms with van der Waals surface area (Å²) in [7, 11) is 0. The van der Waals surface area contributed by atoms with Gasteiger partial charge in [0.25, 0.3) is 0 Å². The first-order chi connectivity index (χ1) is 5.70. The maximum atomic E-state index is 9.48. The van der Waals surface area contributed by atoms with Crippen LogP contribution in [0.5, 0.6) is 5.88 Å². The molecule has 4 nitrogen and oxygen atoms in total. The zero-order chi connectivity index (χ0) is 8.72. The van der Waals surface area contributed by atoms with Crippen molar-refractivity contribution < 1.29 is 37.8 Å². The van der Waals surface area contributed by atoms with E-state index in [1.165, 1.54) is 0 Å². The summed E-state index contributed by atoms with van der Waals surface area (Å²) in [5.41, 5.74) is 2.06. The molecule has 65 valence electrons. The molecule has 0 spiro atoms. The third-order valence-electron chi connectivity index (χ3n) is 1.80. The molecule has 0 aromatic carbocycles. The molecule has 5 heteroatoms. The van der Waals surface area contributed by atoms with E-state index in [-0.39, 0.29) is 38.6 Å². The van der Waals surface area contributed by atoms with E-state index in [9.17, 15) is 5.11 Å². The van der Waals surface area contributed by atoms with Crippen LogP contribution in [0.3, 0.4) is 0 Å². The van der Waals surface area contributed by atoms with Gasteiger partial charge in [-0.1, -0.05) is 18.8 Å². The van der Waals surface area contributed by atoms with Crippen molar-refractivity contribution in [1.29, 1.82) is 0 Å². The Labute approximate surface area is 101 Å². The molecule has 0 aliphatic rings. The molecule has 0 unspecified atom stereocenters. The first-order valence-electron chi connectivity index (χ1n) is 3.61. The summed E-state index contributed by atoms with van der Waals surface area (Å²) in [6.45, 7) is 3.58. The van der Waals surface area contributed by atoms with Gasteiger partial charge >= 0.3 is 0 Å². The van der Waals surface area contributed by atoms with Gasteiger partial charge in [-0.15, -0.1) is 6.20 Å². The normalized spacial score (nSPS) is 10.0. The summed E-state index contributed by atoms with van der Waals surface area (Å²) in [6.07, 6.45) is 4.24. The van der Waals surface area contributed by atoms with Crippen molar-refractivity contribution in [2.24, 2.45) is 0 Å². The number of aromatic hydroxyl groups is 1. The Kier molecular flexibility index (Phi) is 3.03. The molecule has 13 heavy (non-hydrogen) atoms. The number of fused-ring (bicyclic) bond motifs is 1. The first kappa shape index (κ1) is 10.6. The van der Waals surface area contributed by atoms with Gasteiger partial charge in [0, 0.05) is 32.7 Å². The summed E-state index contributed by atoms with van der Waals surface area (Å²) in [6, 6.07) is 0. The van der Waals surface area contributed by atoms with Crippen molar-refractivity contribution in [3.05, 3.63) is 23.8 Å². The summed E-state index contributed by atoms with van der Waals surface area (Å²) in [5, 5.41) is 9.48. The number of hydrogen-bond acceptors (Lipinski definition) is 3. The topological polar surface area (TPSA) is 50.4 Å². The van der Waals surface area contributed by atoms with Crippen LogP contribution in [0.2, 0.25) is 0 Å². The molecule has 0 amide bonds. The van der Waals surface area contributed by atoms with Gasteiger partial charge in [-0.25, -0.2) is 4.98 Å². The second-order valence-corrected chi connectivity index (χ2v) is 2.67. The Balaban J connectivity index is 0.000000845. The maximum Gasteiger partial charge on any atom is 0.216 e. The minimum absolute atomic E-state index is 0. The fourth-order valence-corrected chi connectivity index (χ4v) is 1.15. The van der Waals surface area contributed by atoms with Crippen molar-refractivity contribution in [2.75, 3.05) is 0 Å². The van der Waals surface area contributed by atoms with Gasteiger partial charge in [0.05, 0.1) is 11.3 Å². The van der Waals surface area contributed by atoms with E-state index < -0.39 is 0 Å². The maximum absolute atomic E-state index is 9.48. The number of imidazole rings is 1. The Hall–Kier alpha value is -0.476. The molecule has 2 rings (SSSR count). The SMILES string of the molecule is Cc1nc2c(C)n[c-]cn2c1O.[Y].